The smallest absolute Gasteiger partial charge is 0.248 e. The van der Waals surface area contributed by atoms with Crippen LogP contribution in [0.15, 0.2) is 60.0 Å². The zero-order chi connectivity index (χ0) is 18.6. The van der Waals surface area contributed by atoms with Gasteiger partial charge < -0.3 is 5.73 Å². The van der Waals surface area contributed by atoms with Crippen LogP contribution in [-0.4, -0.2) is 31.7 Å². The van der Waals surface area contributed by atoms with Gasteiger partial charge in [-0.25, -0.2) is 8.42 Å². The molecule has 0 unspecified atom stereocenters. The molecule has 26 heavy (non-hydrogen) atoms. The number of nitrogens with two attached hydrogens (primary N) is 1. The lowest BCUT2D eigenvalue weighted by atomic mass is 9.97. The first-order chi connectivity index (χ1) is 12.4. The summed E-state index contributed by atoms with van der Waals surface area (Å²) in [5, 5.41) is 1.28. The van der Waals surface area contributed by atoms with Gasteiger partial charge in [0.1, 0.15) is 0 Å². The average Bonchev–Trinajstić information content (AvgIpc) is 3.11. The molecule has 1 amide bonds. The van der Waals surface area contributed by atoms with Crippen molar-refractivity contribution >= 4 is 22.0 Å². The van der Waals surface area contributed by atoms with Gasteiger partial charge in [-0.05, 0) is 48.1 Å². The molecule has 1 aliphatic rings. The first kappa shape index (κ1) is 18.4. The van der Waals surface area contributed by atoms with Crippen molar-refractivity contribution in [2.24, 2.45) is 11.7 Å². The monoisotopic (exact) mass is 370 g/mol. The van der Waals surface area contributed by atoms with Gasteiger partial charge in [0, 0.05) is 24.1 Å². The van der Waals surface area contributed by atoms with Crippen LogP contribution in [0.3, 0.4) is 0 Å². The van der Waals surface area contributed by atoms with Gasteiger partial charge in [0.2, 0.25) is 15.9 Å². The van der Waals surface area contributed by atoms with E-state index in [0.29, 0.717) is 18.7 Å². The average molecular weight is 370 g/mol. The highest BCUT2D eigenvalue weighted by Gasteiger charge is 2.29. The lowest BCUT2D eigenvalue weighted by molar-refractivity contribution is 0.1000. The van der Waals surface area contributed by atoms with E-state index in [1.807, 2.05) is 42.5 Å². The van der Waals surface area contributed by atoms with Crippen LogP contribution in [0.4, 0.5) is 0 Å². The van der Waals surface area contributed by atoms with Crippen LogP contribution in [0, 0.1) is 5.92 Å². The molecule has 2 aromatic carbocycles. The highest BCUT2D eigenvalue weighted by molar-refractivity contribution is 7.92. The molecule has 0 radical (unpaired) electrons. The zero-order valence-electron chi connectivity index (χ0n) is 14.4. The number of rotatable bonds is 6. The standard InChI is InChI=1S/C20H22N2O3S/c21-20(23)19-8-4-7-17(14-19)13-18-9-11-22(15-18)26(24,25)12-10-16-5-2-1-3-6-16/h1-8,10,12,14,18H,9,11,13,15H2,(H2,21,23)/b12-10+/t18-/m0/s1. The number of hydrogen-bond donors (Lipinski definition) is 1. The third kappa shape index (κ3) is 4.59. The number of hydrogen-bond acceptors (Lipinski definition) is 3. The number of carbonyl (C=O) groups is 1. The SMILES string of the molecule is NC(=O)c1cccc(C[C@@H]2CCN(S(=O)(=O)/C=C/c3ccccc3)C2)c1. The minimum absolute atomic E-state index is 0.234. The Balaban J connectivity index is 1.63. The maximum Gasteiger partial charge on any atom is 0.248 e. The second-order valence-corrected chi connectivity index (χ2v) is 8.36. The van der Waals surface area contributed by atoms with Crippen molar-refractivity contribution in [2.75, 3.05) is 13.1 Å². The molecular weight excluding hydrogens is 348 g/mol. The molecular formula is C20H22N2O3S. The fourth-order valence-corrected chi connectivity index (χ4v) is 4.47. The van der Waals surface area contributed by atoms with Crippen LogP contribution in [0.1, 0.15) is 27.9 Å². The molecule has 6 heteroatoms. The van der Waals surface area contributed by atoms with Crippen molar-refractivity contribution in [3.05, 3.63) is 76.7 Å². The molecule has 1 fully saturated rings. The van der Waals surface area contributed by atoms with Crippen molar-refractivity contribution in [2.45, 2.75) is 12.8 Å². The lowest BCUT2D eigenvalue weighted by Crippen LogP contribution is -2.27. The van der Waals surface area contributed by atoms with Crippen LogP contribution >= 0.6 is 0 Å². The van der Waals surface area contributed by atoms with E-state index < -0.39 is 15.9 Å². The second-order valence-electron chi connectivity index (χ2n) is 6.54. The Kier molecular flexibility index (Phi) is 5.54. The Morgan fingerprint density at radius 3 is 2.65 bits per heavy atom. The van der Waals surface area contributed by atoms with E-state index in [2.05, 4.69) is 0 Å². The first-order valence-electron chi connectivity index (χ1n) is 8.56. The lowest BCUT2D eigenvalue weighted by Gasteiger charge is -2.14. The fourth-order valence-electron chi connectivity index (χ4n) is 3.19. The van der Waals surface area contributed by atoms with Crippen LogP contribution < -0.4 is 5.73 Å². The van der Waals surface area contributed by atoms with Crippen molar-refractivity contribution in [1.82, 2.24) is 4.31 Å². The van der Waals surface area contributed by atoms with Gasteiger partial charge in [-0.2, -0.15) is 4.31 Å². The topological polar surface area (TPSA) is 80.5 Å². The Morgan fingerprint density at radius 2 is 1.92 bits per heavy atom. The van der Waals surface area contributed by atoms with Gasteiger partial charge in [0.25, 0.3) is 0 Å². The van der Waals surface area contributed by atoms with Crippen molar-refractivity contribution in [3.8, 4) is 0 Å². The van der Waals surface area contributed by atoms with Gasteiger partial charge in [0.15, 0.2) is 0 Å². The fraction of sp³-hybridized carbons (Fsp3) is 0.250. The van der Waals surface area contributed by atoms with E-state index in [1.54, 1.807) is 18.2 Å². The minimum atomic E-state index is -3.43. The number of sulfonamides is 1. The van der Waals surface area contributed by atoms with Gasteiger partial charge in [0.05, 0.1) is 0 Å². The number of nitrogens with zero attached hydrogens (tertiary/aromatic N) is 1. The molecule has 0 saturated carbocycles. The molecule has 3 rings (SSSR count). The third-order valence-corrected chi connectivity index (χ3v) is 6.11. The Bertz CT molecular complexity index is 908. The minimum Gasteiger partial charge on any atom is -0.366 e. The second kappa shape index (κ2) is 7.85. The third-order valence-electron chi connectivity index (χ3n) is 4.58. The Labute approximate surface area is 154 Å². The van der Waals surface area contributed by atoms with Gasteiger partial charge in [-0.1, -0.05) is 42.5 Å². The number of amides is 1. The molecule has 2 aromatic rings. The quantitative estimate of drug-likeness (QED) is 0.849. The van der Waals surface area contributed by atoms with Gasteiger partial charge in [-0.3, -0.25) is 4.79 Å². The summed E-state index contributed by atoms with van der Waals surface area (Å²) in [6, 6.07) is 16.6. The maximum atomic E-state index is 12.5. The number of carbonyl (C=O) groups excluding carboxylic acids is 1. The molecule has 136 valence electrons. The Hall–Kier alpha value is -2.44. The molecule has 1 saturated heterocycles. The molecule has 1 heterocycles. The summed E-state index contributed by atoms with van der Waals surface area (Å²) in [7, 11) is -3.43. The molecule has 1 aliphatic heterocycles. The summed E-state index contributed by atoms with van der Waals surface area (Å²) in [4.78, 5) is 11.3. The molecule has 1 atom stereocenters. The predicted octanol–water partition coefficient (Wildman–Crippen LogP) is 2.65. The summed E-state index contributed by atoms with van der Waals surface area (Å²) in [6.07, 6.45) is 3.16. The summed E-state index contributed by atoms with van der Waals surface area (Å²) in [5.41, 5.74) is 7.66. The van der Waals surface area contributed by atoms with Gasteiger partial charge in [-0.15, -0.1) is 0 Å². The van der Waals surface area contributed by atoms with E-state index in [1.165, 1.54) is 9.71 Å². The predicted molar refractivity (Wildman–Crippen MR) is 103 cm³/mol. The molecule has 2 N–H and O–H groups in total. The van der Waals surface area contributed by atoms with Crippen LogP contribution in [0.25, 0.3) is 6.08 Å². The number of benzene rings is 2. The number of primary amides is 1. The van der Waals surface area contributed by atoms with E-state index in [9.17, 15) is 13.2 Å². The highest BCUT2D eigenvalue weighted by Crippen LogP contribution is 2.24. The van der Waals surface area contributed by atoms with Crippen LogP contribution in [0.5, 0.6) is 0 Å². The van der Waals surface area contributed by atoms with Crippen LogP contribution in [-0.2, 0) is 16.4 Å². The first-order valence-corrected chi connectivity index (χ1v) is 10.1. The highest BCUT2D eigenvalue weighted by atomic mass is 32.2. The van der Waals surface area contributed by atoms with E-state index in [-0.39, 0.29) is 5.92 Å². The largest absolute Gasteiger partial charge is 0.366 e. The van der Waals surface area contributed by atoms with Crippen molar-refractivity contribution < 1.29 is 13.2 Å². The van der Waals surface area contributed by atoms with E-state index in [4.69, 9.17) is 5.73 Å². The summed E-state index contributed by atoms with van der Waals surface area (Å²) in [6.45, 7) is 1.00. The zero-order valence-corrected chi connectivity index (χ0v) is 15.2. The van der Waals surface area contributed by atoms with Crippen LogP contribution in [0.2, 0.25) is 0 Å². The van der Waals surface area contributed by atoms with Crippen molar-refractivity contribution in [3.63, 3.8) is 0 Å². The van der Waals surface area contributed by atoms with Crippen molar-refractivity contribution in [1.29, 1.82) is 0 Å². The molecule has 5 nitrogen and oxygen atoms in total. The van der Waals surface area contributed by atoms with E-state index in [0.717, 1.165) is 24.0 Å². The maximum absolute atomic E-state index is 12.5. The molecule has 0 aromatic heterocycles. The Morgan fingerprint density at radius 1 is 1.15 bits per heavy atom. The molecule has 0 bridgehead atoms. The molecule has 0 spiro atoms. The summed E-state index contributed by atoms with van der Waals surface area (Å²) < 4.78 is 26.6. The summed E-state index contributed by atoms with van der Waals surface area (Å²) in [5.74, 6) is -0.216. The normalized spacial score (nSPS) is 18.4. The van der Waals surface area contributed by atoms with E-state index >= 15 is 0 Å². The molecule has 0 aliphatic carbocycles. The van der Waals surface area contributed by atoms with Gasteiger partial charge >= 0.3 is 0 Å². The summed E-state index contributed by atoms with van der Waals surface area (Å²) >= 11 is 0.